The van der Waals surface area contributed by atoms with Gasteiger partial charge in [0, 0.05) is 38.8 Å². The molecule has 0 radical (unpaired) electrons. The number of hydrogen-bond acceptors (Lipinski definition) is 7. The van der Waals surface area contributed by atoms with Crippen molar-refractivity contribution in [3.63, 3.8) is 0 Å². The fourth-order valence-electron chi connectivity index (χ4n) is 5.61. The number of hydrogen-bond donors (Lipinski definition) is 1. The summed E-state index contributed by atoms with van der Waals surface area (Å²) in [5.41, 5.74) is 4.02. The van der Waals surface area contributed by atoms with E-state index in [1.54, 1.807) is 12.1 Å². The third-order valence-electron chi connectivity index (χ3n) is 8.13. The highest BCUT2D eigenvalue weighted by molar-refractivity contribution is 7.89. The van der Waals surface area contributed by atoms with Crippen molar-refractivity contribution < 1.29 is 27.4 Å². The summed E-state index contributed by atoms with van der Waals surface area (Å²) in [6.45, 7) is 4.85. The van der Waals surface area contributed by atoms with Crippen molar-refractivity contribution in [1.82, 2.24) is 14.5 Å². The summed E-state index contributed by atoms with van der Waals surface area (Å²) < 4.78 is 45.6. The highest BCUT2D eigenvalue weighted by Gasteiger charge is 2.39. The van der Waals surface area contributed by atoms with E-state index in [2.05, 4.69) is 5.32 Å². The first-order valence-corrected chi connectivity index (χ1v) is 15.1. The first kappa shape index (κ1) is 26.2. The van der Waals surface area contributed by atoms with E-state index < -0.39 is 10.0 Å². The number of sulfonamides is 1. The van der Waals surface area contributed by atoms with Gasteiger partial charge in [-0.3, -0.25) is 4.79 Å². The molecule has 1 saturated carbocycles. The molecular weight excluding hydrogens is 518 g/mol. The molecule has 4 aliphatic rings. The lowest BCUT2D eigenvalue weighted by Crippen LogP contribution is -2.40. The van der Waals surface area contributed by atoms with Gasteiger partial charge in [0.25, 0.3) is 0 Å². The van der Waals surface area contributed by atoms with Crippen LogP contribution in [0.1, 0.15) is 36.3 Å². The fraction of sp³-hybridized carbons (Fsp3) is 0.483. The largest absolute Gasteiger partial charge is 0.490 e. The molecule has 1 N–H and O–H groups in total. The molecule has 39 heavy (non-hydrogen) atoms. The van der Waals surface area contributed by atoms with Gasteiger partial charge in [-0.1, -0.05) is 12.1 Å². The summed E-state index contributed by atoms with van der Waals surface area (Å²) in [5.74, 6) is 1.55. The smallest absolute Gasteiger partial charge is 0.243 e. The number of carbonyl (C=O) groups excluding carboxylic acids is 1. The van der Waals surface area contributed by atoms with Crippen molar-refractivity contribution in [2.45, 2.75) is 43.1 Å². The minimum atomic E-state index is -3.71. The van der Waals surface area contributed by atoms with Crippen LogP contribution in [0.2, 0.25) is 0 Å². The number of benzene rings is 2. The Morgan fingerprint density at radius 2 is 1.74 bits per heavy atom. The van der Waals surface area contributed by atoms with Crippen LogP contribution in [0.15, 0.2) is 52.4 Å². The van der Waals surface area contributed by atoms with E-state index in [1.165, 1.54) is 16.8 Å². The minimum absolute atomic E-state index is 0.0402. The zero-order valence-electron chi connectivity index (χ0n) is 22.4. The van der Waals surface area contributed by atoms with Crippen molar-refractivity contribution in [3.05, 3.63) is 58.7 Å². The SMILES string of the molecule is CNCC(C(=O)N1CC2=C(C1)CN(S(=O)(=O)c1ccc3c(c1)OCCO3)C2)c1ccc(C)c(OC2CCC2)c1. The van der Waals surface area contributed by atoms with Crippen LogP contribution in [0.3, 0.4) is 0 Å². The standard InChI is InChI=1S/C29H35N3O6S/c1-19-6-7-20(12-27(19)38-23-4-3-5-23)25(14-30-2)29(33)31-15-21-17-32(18-22(21)16-31)39(34,35)24-8-9-26-28(13-24)37-11-10-36-26/h6-9,12-13,23,25,30H,3-5,10-11,14-18H2,1-2H3. The number of ether oxygens (including phenoxy) is 3. The molecule has 208 valence electrons. The van der Waals surface area contributed by atoms with Crippen molar-refractivity contribution in [2.24, 2.45) is 0 Å². The molecule has 1 atom stereocenters. The predicted octanol–water partition coefficient (Wildman–Crippen LogP) is 2.84. The van der Waals surface area contributed by atoms with Crippen LogP contribution in [-0.2, 0) is 14.8 Å². The van der Waals surface area contributed by atoms with Crippen LogP contribution in [0.5, 0.6) is 17.2 Å². The summed E-state index contributed by atoms with van der Waals surface area (Å²) in [6.07, 6.45) is 3.63. The molecule has 1 aliphatic carbocycles. The summed E-state index contributed by atoms with van der Waals surface area (Å²) in [4.78, 5) is 15.8. The van der Waals surface area contributed by atoms with Crippen LogP contribution in [0.4, 0.5) is 0 Å². The van der Waals surface area contributed by atoms with Crippen molar-refractivity contribution >= 4 is 15.9 Å². The normalized spacial score (nSPS) is 20.1. The second kappa shape index (κ2) is 10.5. The van der Waals surface area contributed by atoms with Gasteiger partial charge >= 0.3 is 0 Å². The third kappa shape index (κ3) is 5.01. The lowest BCUT2D eigenvalue weighted by Gasteiger charge is -2.29. The Bertz CT molecular complexity index is 1400. The van der Waals surface area contributed by atoms with E-state index >= 15 is 0 Å². The number of rotatable bonds is 8. The lowest BCUT2D eigenvalue weighted by molar-refractivity contribution is -0.131. The number of likely N-dealkylation sites (N-methyl/N-ethyl adjacent to an activating group) is 1. The molecule has 10 heteroatoms. The summed E-state index contributed by atoms with van der Waals surface area (Å²) in [5, 5.41) is 3.18. The Morgan fingerprint density at radius 1 is 1.03 bits per heavy atom. The van der Waals surface area contributed by atoms with Crippen LogP contribution < -0.4 is 19.5 Å². The minimum Gasteiger partial charge on any atom is -0.490 e. The Morgan fingerprint density at radius 3 is 2.41 bits per heavy atom. The molecule has 0 aromatic heterocycles. The maximum atomic E-state index is 13.7. The van der Waals surface area contributed by atoms with E-state index in [0.717, 1.165) is 40.9 Å². The van der Waals surface area contributed by atoms with E-state index in [4.69, 9.17) is 14.2 Å². The van der Waals surface area contributed by atoms with Gasteiger partial charge in [-0.2, -0.15) is 4.31 Å². The van der Waals surface area contributed by atoms with Gasteiger partial charge in [-0.05, 0) is 73.7 Å². The Labute approximate surface area is 229 Å². The molecule has 1 amide bonds. The number of amides is 1. The van der Waals surface area contributed by atoms with Crippen molar-refractivity contribution in [1.29, 1.82) is 0 Å². The van der Waals surface area contributed by atoms with E-state index in [9.17, 15) is 13.2 Å². The molecule has 1 unspecified atom stereocenters. The topological polar surface area (TPSA) is 97.4 Å². The Balaban J connectivity index is 1.13. The van der Waals surface area contributed by atoms with Gasteiger partial charge in [0.1, 0.15) is 19.0 Å². The molecule has 0 spiro atoms. The Hall–Kier alpha value is -3.08. The maximum Gasteiger partial charge on any atom is 0.243 e. The van der Waals surface area contributed by atoms with Gasteiger partial charge < -0.3 is 24.4 Å². The predicted molar refractivity (Wildman–Crippen MR) is 146 cm³/mol. The molecular formula is C29H35N3O6S. The van der Waals surface area contributed by atoms with Crippen LogP contribution in [0.25, 0.3) is 0 Å². The van der Waals surface area contributed by atoms with Gasteiger partial charge in [-0.15, -0.1) is 0 Å². The average Bonchev–Trinajstić information content (AvgIpc) is 3.50. The maximum absolute atomic E-state index is 13.7. The number of nitrogens with one attached hydrogen (secondary N) is 1. The molecule has 2 aromatic rings. The second-order valence-electron chi connectivity index (χ2n) is 10.8. The zero-order valence-corrected chi connectivity index (χ0v) is 23.3. The molecule has 9 nitrogen and oxygen atoms in total. The molecule has 6 rings (SSSR count). The molecule has 3 heterocycles. The summed E-state index contributed by atoms with van der Waals surface area (Å²) >= 11 is 0. The number of nitrogens with zero attached hydrogens (tertiary/aromatic N) is 2. The third-order valence-corrected chi connectivity index (χ3v) is 9.92. The first-order valence-electron chi connectivity index (χ1n) is 13.6. The molecule has 3 aliphatic heterocycles. The van der Waals surface area contributed by atoms with Gasteiger partial charge in [0.2, 0.25) is 15.9 Å². The fourth-order valence-corrected chi connectivity index (χ4v) is 7.05. The number of carbonyl (C=O) groups is 1. The molecule has 1 fully saturated rings. The van der Waals surface area contributed by atoms with Gasteiger partial charge in [-0.25, -0.2) is 8.42 Å². The van der Waals surface area contributed by atoms with Crippen LogP contribution in [-0.4, -0.2) is 82.6 Å². The summed E-state index contributed by atoms with van der Waals surface area (Å²) in [6, 6.07) is 10.8. The van der Waals surface area contributed by atoms with E-state index in [-0.39, 0.29) is 35.9 Å². The highest BCUT2D eigenvalue weighted by atomic mass is 32.2. The zero-order chi connectivity index (χ0) is 27.1. The molecule has 0 bridgehead atoms. The quantitative estimate of drug-likeness (QED) is 0.502. The lowest BCUT2D eigenvalue weighted by atomic mass is 9.94. The van der Waals surface area contributed by atoms with E-state index in [1.807, 2.05) is 37.1 Å². The monoisotopic (exact) mass is 553 g/mol. The van der Waals surface area contributed by atoms with Crippen LogP contribution in [0, 0.1) is 6.92 Å². The van der Waals surface area contributed by atoms with E-state index in [0.29, 0.717) is 44.3 Å². The summed E-state index contributed by atoms with van der Waals surface area (Å²) in [7, 11) is -1.86. The van der Waals surface area contributed by atoms with Crippen molar-refractivity contribution in [3.8, 4) is 17.2 Å². The number of aryl methyl sites for hydroxylation is 1. The van der Waals surface area contributed by atoms with Gasteiger partial charge in [0.05, 0.1) is 16.9 Å². The Kier molecular flexibility index (Phi) is 7.03. The first-order chi connectivity index (χ1) is 18.8. The second-order valence-corrected chi connectivity index (χ2v) is 12.7. The molecule has 2 aromatic carbocycles. The van der Waals surface area contributed by atoms with Gasteiger partial charge in [0.15, 0.2) is 11.5 Å². The van der Waals surface area contributed by atoms with Crippen LogP contribution >= 0.6 is 0 Å². The number of fused-ring (bicyclic) bond motifs is 1. The van der Waals surface area contributed by atoms with Crippen molar-refractivity contribution in [2.75, 3.05) is 53.0 Å². The molecule has 0 saturated heterocycles. The average molecular weight is 554 g/mol. The highest BCUT2D eigenvalue weighted by Crippen LogP contribution is 2.36.